The normalized spacial score (nSPS) is 12.8. The summed E-state index contributed by atoms with van der Waals surface area (Å²) < 4.78 is 13.3. The molecule has 1 amide bonds. The number of aryl methyl sites for hydroxylation is 1. The summed E-state index contributed by atoms with van der Waals surface area (Å²) in [5.41, 5.74) is 0.380. The summed E-state index contributed by atoms with van der Waals surface area (Å²) in [6, 6.07) is 5.07. The van der Waals surface area contributed by atoms with Crippen molar-refractivity contribution >= 4 is 28.5 Å². The van der Waals surface area contributed by atoms with Crippen molar-refractivity contribution in [3.63, 3.8) is 0 Å². The van der Waals surface area contributed by atoms with Crippen LogP contribution in [0.3, 0.4) is 0 Å². The highest BCUT2D eigenvalue weighted by molar-refractivity contribution is 6.32. The van der Waals surface area contributed by atoms with Gasteiger partial charge in [-0.25, -0.2) is 9.78 Å². The SMILES string of the molecule is Cn1c(=O)c2cc(C(=O)NCCc3cc(Cl)c4c(c3)OCCO4)cnc2n(C)c1=O. The number of pyridine rings is 1. The van der Waals surface area contributed by atoms with Gasteiger partial charge >= 0.3 is 5.69 Å². The standard InChI is InChI=1S/C20H19ClN4O5/c1-24-17-13(19(27)25(2)20(24)28)9-12(10-23-17)18(26)22-4-3-11-7-14(21)16-15(8-11)29-5-6-30-16/h7-10H,3-6H2,1-2H3,(H,22,26). The number of ether oxygens (including phenoxy) is 2. The Hall–Kier alpha value is -3.33. The second-order valence-electron chi connectivity index (χ2n) is 6.91. The number of aromatic nitrogens is 3. The smallest absolute Gasteiger partial charge is 0.332 e. The number of hydrogen-bond donors (Lipinski definition) is 1. The lowest BCUT2D eigenvalue weighted by molar-refractivity contribution is 0.0954. The molecule has 1 aliphatic heterocycles. The van der Waals surface area contributed by atoms with Gasteiger partial charge in [-0.15, -0.1) is 0 Å². The molecule has 0 unspecified atom stereocenters. The van der Waals surface area contributed by atoms with E-state index in [9.17, 15) is 14.4 Å². The maximum Gasteiger partial charge on any atom is 0.332 e. The highest BCUT2D eigenvalue weighted by Crippen LogP contribution is 2.38. The zero-order valence-corrected chi connectivity index (χ0v) is 17.2. The van der Waals surface area contributed by atoms with Gasteiger partial charge in [0.1, 0.15) is 18.9 Å². The summed E-state index contributed by atoms with van der Waals surface area (Å²) in [5.74, 6) is 0.758. The third-order valence-electron chi connectivity index (χ3n) is 4.91. The van der Waals surface area contributed by atoms with Gasteiger partial charge in [0.2, 0.25) is 0 Å². The lowest BCUT2D eigenvalue weighted by Crippen LogP contribution is -2.37. The molecule has 1 aromatic carbocycles. The summed E-state index contributed by atoms with van der Waals surface area (Å²) in [6.07, 6.45) is 1.87. The van der Waals surface area contributed by atoms with Crippen molar-refractivity contribution in [2.45, 2.75) is 6.42 Å². The fourth-order valence-electron chi connectivity index (χ4n) is 3.32. The van der Waals surface area contributed by atoms with Crippen LogP contribution < -0.4 is 26.0 Å². The second kappa shape index (κ2) is 7.83. The molecule has 1 aliphatic rings. The monoisotopic (exact) mass is 430 g/mol. The van der Waals surface area contributed by atoms with E-state index in [0.29, 0.717) is 42.7 Å². The molecule has 0 radical (unpaired) electrons. The van der Waals surface area contributed by atoms with Crippen LogP contribution in [0.1, 0.15) is 15.9 Å². The first-order chi connectivity index (χ1) is 14.4. The summed E-state index contributed by atoms with van der Waals surface area (Å²) in [4.78, 5) is 41.0. The highest BCUT2D eigenvalue weighted by atomic mass is 35.5. The van der Waals surface area contributed by atoms with Crippen LogP contribution in [-0.4, -0.2) is 39.8 Å². The van der Waals surface area contributed by atoms with E-state index in [1.54, 1.807) is 6.07 Å². The van der Waals surface area contributed by atoms with E-state index in [2.05, 4.69) is 10.3 Å². The molecule has 0 spiro atoms. The second-order valence-corrected chi connectivity index (χ2v) is 7.32. The van der Waals surface area contributed by atoms with Crippen molar-refractivity contribution in [3.05, 3.63) is 61.4 Å². The Bertz CT molecular complexity index is 1280. The molecule has 0 saturated carbocycles. The fourth-order valence-corrected chi connectivity index (χ4v) is 3.61. The van der Waals surface area contributed by atoms with Crippen LogP contribution in [0.25, 0.3) is 11.0 Å². The van der Waals surface area contributed by atoms with Crippen LogP contribution >= 0.6 is 11.6 Å². The molecule has 10 heteroatoms. The molecule has 0 fully saturated rings. The zero-order chi connectivity index (χ0) is 21.4. The van der Waals surface area contributed by atoms with Gasteiger partial charge in [-0.2, -0.15) is 0 Å². The molecule has 30 heavy (non-hydrogen) atoms. The van der Waals surface area contributed by atoms with E-state index in [1.807, 2.05) is 6.07 Å². The summed E-state index contributed by atoms with van der Waals surface area (Å²) in [6.45, 7) is 1.26. The number of carbonyl (C=O) groups is 1. The topological polar surface area (TPSA) is 104 Å². The third kappa shape index (κ3) is 3.52. The molecular formula is C20H19ClN4O5. The quantitative estimate of drug-likeness (QED) is 0.663. The molecule has 156 valence electrons. The van der Waals surface area contributed by atoms with Crippen LogP contribution in [0.2, 0.25) is 5.02 Å². The Balaban J connectivity index is 1.50. The van der Waals surface area contributed by atoms with Crippen LogP contribution in [-0.2, 0) is 20.5 Å². The first-order valence-electron chi connectivity index (χ1n) is 9.29. The van der Waals surface area contributed by atoms with E-state index in [0.717, 1.165) is 10.1 Å². The molecule has 0 atom stereocenters. The Morgan fingerprint density at radius 3 is 2.73 bits per heavy atom. The van der Waals surface area contributed by atoms with E-state index >= 15 is 0 Å². The molecule has 0 aliphatic carbocycles. The highest BCUT2D eigenvalue weighted by Gasteiger charge is 2.17. The zero-order valence-electron chi connectivity index (χ0n) is 16.4. The molecule has 0 saturated heterocycles. The third-order valence-corrected chi connectivity index (χ3v) is 5.19. The number of amides is 1. The number of nitrogens with zero attached hydrogens (tertiary/aromatic N) is 3. The van der Waals surface area contributed by atoms with Crippen LogP contribution in [0.15, 0.2) is 34.0 Å². The first-order valence-corrected chi connectivity index (χ1v) is 9.66. The molecule has 3 heterocycles. The van der Waals surface area contributed by atoms with Gasteiger partial charge in [-0.1, -0.05) is 11.6 Å². The Labute approximate surface area is 175 Å². The molecule has 0 bridgehead atoms. The van der Waals surface area contributed by atoms with Crippen molar-refractivity contribution in [2.24, 2.45) is 14.1 Å². The Morgan fingerprint density at radius 1 is 1.17 bits per heavy atom. The van der Waals surface area contributed by atoms with Crippen LogP contribution in [0, 0.1) is 0 Å². The van der Waals surface area contributed by atoms with Crippen LogP contribution in [0.4, 0.5) is 0 Å². The number of halogens is 1. The minimum absolute atomic E-state index is 0.200. The van der Waals surface area contributed by atoms with Crippen molar-refractivity contribution in [3.8, 4) is 11.5 Å². The molecular weight excluding hydrogens is 412 g/mol. The maximum atomic E-state index is 12.5. The van der Waals surface area contributed by atoms with E-state index < -0.39 is 11.2 Å². The predicted molar refractivity (Wildman–Crippen MR) is 111 cm³/mol. The first kappa shape index (κ1) is 20.0. The summed E-state index contributed by atoms with van der Waals surface area (Å²) in [7, 11) is 2.91. The minimum Gasteiger partial charge on any atom is -0.486 e. The van der Waals surface area contributed by atoms with Gasteiger partial charge in [0.05, 0.1) is 16.0 Å². The number of rotatable bonds is 4. The van der Waals surface area contributed by atoms with E-state index in [1.165, 1.54) is 30.9 Å². The van der Waals surface area contributed by atoms with Crippen LogP contribution in [0.5, 0.6) is 11.5 Å². The molecule has 4 rings (SSSR count). The van der Waals surface area contributed by atoms with Crippen molar-refractivity contribution in [1.82, 2.24) is 19.4 Å². The van der Waals surface area contributed by atoms with Gasteiger partial charge in [-0.05, 0) is 30.2 Å². The average Bonchev–Trinajstić information content (AvgIpc) is 2.75. The van der Waals surface area contributed by atoms with Gasteiger partial charge in [0, 0.05) is 26.8 Å². The van der Waals surface area contributed by atoms with E-state index in [-0.39, 0.29) is 22.5 Å². The van der Waals surface area contributed by atoms with Crippen molar-refractivity contribution in [1.29, 1.82) is 0 Å². The molecule has 2 aromatic heterocycles. The maximum absolute atomic E-state index is 12.5. The van der Waals surface area contributed by atoms with Gasteiger partial charge in [0.25, 0.3) is 11.5 Å². The largest absolute Gasteiger partial charge is 0.486 e. The van der Waals surface area contributed by atoms with Gasteiger partial charge < -0.3 is 14.8 Å². The van der Waals surface area contributed by atoms with Crippen molar-refractivity contribution in [2.75, 3.05) is 19.8 Å². The molecule has 3 aromatic rings. The summed E-state index contributed by atoms with van der Waals surface area (Å²) >= 11 is 6.24. The number of nitrogens with one attached hydrogen (secondary N) is 1. The van der Waals surface area contributed by atoms with Gasteiger partial charge in [-0.3, -0.25) is 18.7 Å². The average molecular weight is 431 g/mol. The number of carbonyl (C=O) groups excluding carboxylic acids is 1. The number of benzene rings is 1. The Morgan fingerprint density at radius 2 is 1.93 bits per heavy atom. The summed E-state index contributed by atoms with van der Waals surface area (Å²) in [5, 5.41) is 3.47. The number of hydrogen-bond acceptors (Lipinski definition) is 6. The van der Waals surface area contributed by atoms with Gasteiger partial charge in [0.15, 0.2) is 11.5 Å². The fraction of sp³-hybridized carbons (Fsp3) is 0.300. The molecule has 1 N–H and O–H groups in total. The molecule has 9 nitrogen and oxygen atoms in total. The minimum atomic E-state index is -0.499. The lowest BCUT2D eigenvalue weighted by Gasteiger charge is -2.20. The predicted octanol–water partition coefficient (Wildman–Crippen LogP) is 1.03. The van der Waals surface area contributed by atoms with Crippen molar-refractivity contribution < 1.29 is 14.3 Å². The lowest BCUT2D eigenvalue weighted by atomic mass is 10.1. The Kier molecular flexibility index (Phi) is 5.21. The van der Waals surface area contributed by atoms with E-state index in [4.69, 9.17) is 21.1 Å². The number of fused-ring (bicyclic) bond motifs is 2.